The number of rotatable bonds is 2. The fraction of sp³-hybridized carbons (Fsp3) is 0.875. The molecule has 1 aliphatic carbocycles. The molecule has 2 heterocycles. The summed E-state index contributed by atoms with van der Waals surface area (Å²) in [6, 6.07) is 0.648. The number of urea groups is 1. The van der Waals surface area contributed by atoms with Gasteiger partial charge in [0.05, 0.1) is 0 Å². The lowest BCUT2D eigenvalue weighted by molar-refractivity contribution is 0.0268. The van der Waals surface area contributed by atoms with Crippen LogP contribution in [0.1, 0.15) is 33.6 Å². The summed E-state index contributed by atoms with van der Waals surface area (Å²) in [6.07, 6.45) is 1.71. The molecule has 3 aliphatic rings. The quantitative estimate of drug-likeness (QED) is 0.793. The molecule has 3 fully saturated rings. The number of piperidine rings is 2. The number of primary amides is 1. The van der Waals surface area contributed by atoms with E-state index in [1.165, 1.54) is 0 Å². The van der Waals surface area contributed by atoms with Crippen molar-refractivity contribution in [3.05, 3.63) is 0 Å². The van der Waals surface area contributed by atoms with Crippen molar-refractivity contribution in [3.8, 4) is 0 Å². The highest BCUT2D eigenvalue weighted by Gasteiger charge is 2.57. The smallest absolute Gasteiger partial charge is 0.410 e. The molecule has 0 spiro atoms. The third-order valence-corrected chi connectivity index (χ3v) is 5.08. The van der Waals surface area contributed by atoms with Gasteiger partial charge in [0.1, 0.15) is 5.60 Å². The monoisotopic (exact) mass is 324 g/mol. The molecule has 0 aromatic heterocycles. The number of fused-ring (bicyclic) bond motifs is 1. The number of nitrogens with one attached hydrogen (secondary N) is 1. The summed E-state index contributed by atoms with van der Waals surface area (Å²) in [6.45, 7) is 8.73. The van der Waals surface area contributed by atoms with Crippen LogP contribution < -0.4 is 11.1 Å². The maximum Gasteiger partial charge on any atom is 0.410 e. The Morgan fingerprint density at radius 1 is 1.09 bits per heavy atom. The molecular formula is C16H28N4O3. The molecule has 2 aliphatic heterocycles. The molecule has 3 rings (SSSR count). The third-order valence-electron chi connectivity index (χ3n) is 5.08. The fourth-order valence-corrected chi connectivity index (χ4v) is 3.79. The Hall–Kier alpha value is -1.50. The van der Waals surface area contributed by atoms with E-state index in [9.17, 15) is 9.59 Å². The molecule has 130 valence electrons. The Balaban J connectivity index is 1.39. The summed E-state index contributed by atoms with van der Waals surface area (Å²) >= 11 is 0. The van der Waals surface area contributed by atoms with Gasteiger partial charge in [-0.3, -0.25) is 0 Å². The summed E-state index contributed by atoms with van der Waals surface area (Å²) in [4.78, 5) is 26.7. The second-order valence-electron chi connectivity index (χ2n) is 8.01. The lowest BCUT2D eigenvalue weighted by Gasteiger charge is -2.32. The van der Waals surface area contributed by atoms with E-state index in [2.05, 4.69) is 5.32 Å². The van der Waals surface area contributed by atoms with Gasteiger partial charge in [-0.25, -0.2) is 9.59 Å². The molecule has 23 heavy (non-hydrogen) atoms. The number of carbonyl (C=O) groups is 2. The Labute approximate surface area is 137 Å². The molecule has 0 bridgehead atoms. The Bertz CT molecular complexity index is 470. The number of hydrogen-bond donors (Lipinski definition) is 2. The standard InChI is InChI=1S/C16H28N4O3/c1-16(2,3)23-15(22)20-8-11-12(9-20)13(11)18-10-4-6-19(7-5-10)14(17)21/h10-13,18H,4-9H2,1-3H3,(H2,17,21). The van der Waals surface area contributed by atoms with Gasteiger partial charge in [-0.2, -0.15) is 0 Å². The van der Waals surface area contributed by atoms with E-state index < -0.39 is 5.60 Å². The maximum absolute atomic E-state index is 12.1. The van der Waals surface area contributed by atoms with Gasteiger partial charge in [0.2, 0.25) is 0 Å². The van der Waals surface area contributed by atoms with Crippen LogP contribution in [0.3, 0.4) is 0 Å². The van der Waals surface area contributed by atoms with Crippen molar-refractivity contribution in [2.75, 3.05) is 26.2 Å². The molecule has 2 atom stereocenters. The second-order valence-corrected chi connectivity index (χ2v) is 8.01. The number of carbonyl (C=O) groups excluding carboxylic acids is 2. The lowest BCUT2D eigenvalue weighted by Crippen LogP contribution is -2.48. The van der Waals surface area contributed by atoms with Crippen LogP contribution in [-0.4, -0.2) is 65.8 Å². The first-order valence-electron chi connectivity index (χ1n) is 8.53. The molecular weight excluding hydrogens is 296 g/mol. The van der Waals surface area contributed by atoms with Gasteiger partial charge in [0.25, 0.3) is 0 Å². The topological polar surface area (TPSA) is 87.9 Å². The van der Waals surface area contributed by atoms with Crippen LogP contribution in [0.5, 0.6) is 0 Å². The average molecular weight is 324 g/mol. The van der Waals surface area contributed by atoms with Crippen molar-refractivity contribution in [3.63, 3.8) is 0 Å². The molecule has 1 saturated carbocycles. The number of hydrogen-bond acceptors (Lipinski definition) is 4. The van der Waals surface area contributed by atoms with Crippen molar-refractivity contribution < 1.29 is 14.3 Å². The highest BCUT2D eigenvalue weighted by molar-refractivity contribution is 5.72. The van der Waals surface area contributed by atoms with Crippen LogP contribution in [0, 0.1) is 11.8 Å². The van der Waals surface area contributed by atoms with Gasteiger partial charge in [-0.05, 0) is 45.4 Å². The molecule has 7 nitrogen and oxygen atoms in total. The van der Waals surface area contributed by atoms with E-state index >= 15 is 0 Å². The molecule has 7 heteroatoms. The molecule has 0 radical (unpaired) electrons. The SMILES string of the molecule is CC(C)(C)OC(=O)N1CC2C(C1)C2NC1CCN(C(N)=O)CC1. The first kappa shape index (κ1) is 16.4. The van der Waals surface area contributed by atoms with E-state index in [1.807, 2.05) is 25.7 Å². The van der Waals surface area contributed by atoms with Crippen LogP contribution in [0.2, 0.25) is 0 Å². The van der Waals surface area contributed by atoms with E-state index in [0.29, 0.717) is 23.9 Å². The summed E-state index contributed by atoms with van der Waals surface area (Å²) < 4.78 is 5.43. The average Bonchev–Trinajstić information content (AvgIpc) is 2.90. The minimum Gasteiger partial charge on any atom is -0.444 e. The van der Waals surface area contributed by atoms with Crippen LogP contribution in [0.25, 0.3) is 0 Å². The highest BCUT2D eigenvalue weighted by atomic mass is 16.6. The van der Waals surface area contributed by atoms with E-state index in [1.54, 1.807) is 4.90 Å². The Kier molecular flexibility index (Phi) is 4.16. The van der Waals surface area contributed by atoms with Crippen molar-refractivity contribution in [2.24, 2.45) is 17.6 Å². The largest absolute Gasteiger partial charge is 0.444 e. The number of ether oxygens (including phenoxy) is 1. The van der Waals surface area contributed by atoms with Gasteiger partial charge >= 0.3 is 12.1 Å². The molecule has 0 aromatic rings. The lowest BCUT2D eigenvalue weighted by atomic mass is 10.1. The van der Waals surface area contributed by atoms with Gasteiger partial charge in [-0.1, -0.05) is 0 Å². The predicted molar refractivity (Wildman–Crippen MR) is 85.9 cm³/mol. The fourth-order valence-electron chi connectivity index (χ4n) is 3.79. The first-order chi connectivity index (χ1) is 10.7. The van der Waals surface area contributed by atoms with Crippen LogP contribution in [0.15, 0.2) is 0 Å². The summed E-state index contributed by atoms with van der Waals surface area (Å²) in [5, 5.41) is 3.70. The molecule has 3 amide bonds. The molecule has 3 N–H and O–H groups in total. The zero-order chi connectivity index (χ0) is 16.8. The van der Waals surface area contributed by atoms with Gasteiger partial charge in [0.15, 0.2) is 0 Å². The van der Waals surface area contributed by atoms with Crippen molar-refractivity contribution in [1.29, 1.82) is 0 Å². The van der Waals surface area contributed by atoms with E-state index in [-0.39, 0.29) is 12.1 Å². The zero-order valence-corrected chi connectivity index (χ0v) is 14.2. The van der Waals surface area contributed by atoms with Crippen molar-refractivity contribution in [1.82, 2.24) is 15.1 Å². The van der Waals surface area contributed by atoms with Crippen molar-refractivity contribution in [2.45, 2.75) is 51.3 Å². The number of nitrogens with zero attached hydrogens (tertiary/aromatic N) is 2. The zero-order valence-electron chi connectivity index (χ0n) is 14.2. The maximum atomic E-state index is 12.1. The van der Waals surface area contributed by atoms with E-state index in [4.69, 9.17) is 10.5 Å². The number of likely N-dealkylation sites (tertiary alicyclic amines) is 2. The molecule has 2 unspecified atom stereocenters. The normalized spacial score (nSPS) is 31.0. The van der Waals surface area contributed by atoms with Gasteiger partial charge in [0, 0.05) is 38.3 Å². The minimum atomic E-state index is -0.435. The number of nitrogens with two attached hydrogens (primary N) is 1. The molecule has 2 saturated heterocycles. The second kappa shape index (κ2) is 5.85. The van der Waals surface area contributed by atoms with Crippen molar-refractivity contribution >= 4 is 12.1 Å². The summed E-state index contributed by atoms with van der Waals surface area (Å²) in [7, 11) is 0. The van der Waals surface area contributed by atoms with Gasteiger partial charge in [-0.15, -0.1) is 0 Å². The predicted octanol–water partition coefficient (Wildman–Crippen LogP) is 0.984. The summed E-state index contributed by atoms with van der Waals surface area (Å²) in [5.74, 6) is 1.10. The highest BCUT2D eigenvalue weighted by Crippen LogP contribution is 2.46. The first-order valence-corrected chi connectivity index (χ1v) is 8.53. The Morgan fingerprint density at radius 2 is 1.65 bits per heavy atom. The Morgan fingerprint density at radius 3 is 2.13 bits per heavy atom. The number of amides is 3. The van der Waals surface area contributed by atoms with E-state index in [0.717, 1.165) is 39.0 Å². The third kappa shape index (κ3) is 3.71. The van der Waals surface area contributed by atoms with Crippen LogP contribution in [-0.2, 0) is 4.74 Å². The van der Waals surface area contributed by atoms with Crippen LogP contribution in [0.4, 0.5) is 9.59 Å². The summed E-state index contributed by atoms with van der Waals surface area (Å²) in [5.41, 5.74) is 4.87. The van der Waals surface area contributed by atoms with Crippen LogP contribution >= 0.6 is 0 Å². The van der Waals surface area contributed by atoms with Gasteiger partial charge < -0.3 is 25.6 Å². The minimum absolute atomic E-state index is 0.196. The molecule has 0 aromatic carbocycles.